The highest BCUT2D eigenvalue weighted by Crippen LogP contribution is 2.30. The van der Waals surface area contributed by atoms with Crippen LogP contribution in [0.5, 0.6) is 11.5 Å². The predicted molar refractivity (Wildman–Crippen MR) is 117 cm³/mol. The molecule has 1 N–H and O–H groups in total. The molecule has 2 aromatic carbocycles. The number of carbonyl (C=O) groups is 1. The molecule has 0 bridgehead atoms. The molecule has 3 rings (SSSR count). The van der Waals surface area contributed by atoms with Crippen LogP contribution in [-0.2, 0) is 16.6 Å². The zero-order valence-corrected chi connectivity index (χ0v) is 18.7. The lowest BCUT2D eigenvalue weighted by Gasteiger charge is -2.14. The third kappa shape index (κ3) is 5.88. The van der Waals surface area contributed by atoms with Crippen molar-refractivity contribution in [3.8, 4) is 11.5 Å². The molecule has 162 valence electrons. The van der Waals surface area contributed by atoms with Gasteiger partial charge in [-0.1, -0.05) is 23.2 Å². The minimum Gasteiger partial charge on any atom is -0.490 e. The number of rotatable bonds is 8. The van der Waals surface area contributed by atoms with Crippen LogP contribution in [-0.4, -0.2) is 25.9 Å². The number of amides is 1. The van der Waals surface area contributed by atoms with Gasteiger partial charge >= 0.3 is 0 Å². The van der Waals surface area contributed by atoms with Gasteiger partial charge < -0.3 is 9.47 Å². The quantitative estimate of drug-likeness (QED) is 0.510. The molecule has 1 aromatic heterocycles. The van der Waals surface area contributed by atoms with E-state index >= 15 is 0 Å². The summed E-state index contributed by atoms with van der Waals surface area (Å²) < 4.78 is 38.5. The lowest BCUT2D eigenvalue weighted by atomic mass is 10.2. The normalized spacial score (nSPS) is 11.1. The van der Waals surface area contributed by atoms with Gasteiger partial charge in [0.1, 0.15) is 11.5 Å². The van der Waals surface area contributed by atoms with Gasteiger partial charge in [0.05, 0.1) is 11.6 Å². The van der Waals surface area contributed by atoms with Crippen LogP contribution in [0.1, 0.15) is 22.8 Å². The van der Waals surface area contributed by atoms with Crippen molar-refractivity contribution in [2.75, 3.05) is 6.61 Å². The summed E-state index contributed by atoms with van der Waals surface area (Å²) in [6.45, 7) is 2.38. The molecule has 0 aliphatic carbocycles. The first-order valence-electron chi connectivity index (χ1n) is 9.11. The second kappa shape index (κ2) is 10.00. The van der Waals surface area contributed by atoms with E-state index in [0.717, 1.165) is 5.56 Å². The Hall–Kier alpha value is -2.81. The van der Waals surface area contributed by atoms with Gasteiger partial charge in [-0.25, -0.2) is 13.1 Å². The van der Waals surface area contributed by atoms with Crippen molar-refractivity contribution in [3.63, 3.8) is 0 Å². The number of benzene rings is 2. The lowest BCUT2D eigenvalue weighted by Crippen LogP contribution is -2.30. The number of hydrogen-bond donors (Lipinski definition) is 1. The molecule has 0 spiro atoms. The Bertz CT molecular complexity index is 1190. The van der Waals surface area contributed by atoms with E-state index in [4.69, 9.17) is 32.7 Å². The number of ether oxygens (including phenoxy) is 2. The molecule has 3 aromatic rings. The molecule has 0 saturated heterocycles. The summed E-state index contributed by atoms with van der Waals surface area (Å²) in [6.07, 6.45) is 3.31. The van der Waals surface area contributed by atoms with E-state index in [-0.39, 0.29) is 27.1 Å². The van der Waals surface area contributed by atoms with Crippen molar-refractivity contribution >= 4 is 39.1 Å². The Morgan fingerprint density at radius 1 is 1.00 bits per heavy atom. The van der Waals surface area contributed by atoms with Crippen LogP contribution >= 0.6 is 23.2 Å². The maximum absolute atomic E-state index is 12.6. The summed E-state index contributed by atoms with van der Waals surface area (Å²) in [4.78, 5) is 16.3. The van der Waals surface area contributed by atoms with Crippen LogP contribution in [0, 0.1) is 0 Å². The Morgan fingerprint density at radius 3 is 2.45 bits per heavy atom. The molecule has 1 amide bonds. The van der Waals surface area contributed by atoms with Crippen LogP contribution in [0.15, 0.2) is 65.8 Å². The molecule has 0 saturated carbocycles. The van der Waals surface area contributed by atoms with Gasteiger partial charge in [-0.3, -0.25) is 9.78 Å². The topological polar surface area (TPSA) is 94.6 Å². The number of halogens is 2. The monoisotopic (exact) mass is 480 g/mol. The fourth-order valence-electron chi connectivity index (χ4n) is 2.60. The Labute approximate surface area is 190 Å². The van der Waals surface area contributed by atoms with E-state index in [9.17, 15) is 13.2 Å². The maximum Gasteiger partial charge on any atom is 0.265 e. The van der Waals surface area contributed by atoms with Crippen molar-refractivity contribution in [1.82, 2.24) is 9.71 Å². The third-order valence-corrected chi connectivity index (χ3v) is 6.11. The number of pyridine rings is 1. The minimum atomic E-state index is -4.24. The molecule has 10 heteroatoms. The summed E-state index contributed by atoms with van der Waals surface area (Å²) in [7, 11) is -4.24. The van der Waals surface area contributed by atoms with E-state index in [0.29, 0.717) is 18.1 Å². The number of sulfonamides is 1. The standard InChI is InChI=1S/C21H18Cl2N2O5S/c1-2-29-19-11-15(3-6-18(19)30-13-14-7-9-24-10-8-14)21(26)25-31(27,28)20-12-16(22)4-5-17(20)23/h3-12H,2,13H2,1H3,(H,25,26). The minimum absolute atomic E-state index is 0.0560. The largest absolute Gasteiger partial charge is 0.490 e. The van der Waals surface area contributed by atoms with Gasteiger partial charge in [-0.15, -0.1) is 0 Å². The second-order valence-electron chi connectivity index (χ2n) is 6.25. The van der Waals surface area contributed by atoms with Gasteiger partial charge in [0, 0.05) is 23.0 Å². The van der Waals surface area contributed by atoms with E-state index in [1.165, 1.54) is 30.3 Å². The van der Waals surface area contributed by atoms with Gasteiger partial charge in [0.15, 0.2) is 11.5 Å². The summed E-state index contributed by atoms with van der Waals surface area (Å²) in [5, 5.41) is 0.117. The van der Waals surface area contributed by atoms with Crippen molar-refractivity contribution in [2.24, 2.45) is 0 Å². The molecular weight excluding hydrogens is 463 g/mol. The molecule has 0 radical (unpaired) electrons. The number of nitrogens with one attached hydrogen (secondary N) is 1. The molecule has 0 aliphatic heterocycles. The molecule has 0 fully saturated rings. The Balaban J connectivity index is 1.80. The van der Waals surface area contributed by atoms with Crippen molar-refractivity contribution in [2.45, 2.75) is 18.4 Å². The van der Waals surface area contributed by atoms with Crippen LogP contribution in [0.2, 0.25) is 10.0 Å². The molecular formula is C21H18Cl2N2O5S. The van der Waals surface area contributed by atoms with Gasteiger partial charge in [0.2, 0.25) is 0 Å². The lowest BCUT2D eigenvalue weighted by molar-refractivity contribution is 0.0981. The first-order chi connectivity index (χ1) is 14.8. The number of aromatic nitrogens is 1. The SMILES string of the molecule is CCOc1cc(C(=O)NS(=O)(=O)c2cc(Cl)ccc2Cl)ccc1OCc1ccncc1. The van der Waals surface area contributed by atoms with E-state index in [1.807, 2.05) is 16.9 Å². The van der Waals surface area contributed by atoms with Gasteiger partial charge in [0.25, 0.3) is 15.9 Å². The van der Waals surface area contributed by atoms with E-state index in [2.05, 4.69) is 4.98 Å². The van der Waals surface area contributed by atoms with Crippen LogP contribution in [0.3, 0.4) is 0 Å². The van der Waals surface area contributed by atoms with E-state index < -0.39 is 15.9 Å². The zero-order chi connectivity index (χ0) is 22.4. The fourth-order valence-corrected chi connectivity index (χ4v) is 4.33. The summed E-state index contributed by atoms with van der Waals surface area (Å²) in [6, 6.07) is 12.0. The molecule has 0 unspecified atom stereocenters. The fraction of sp³-hybridized carbons (Fsp3) is 0.143. The highest BCUT2D eigenvalue weighted by Gasteiger charge is 2.23. The van der Waals surface area contributed by atoms with Crippen molar-refractivity contribution in [3.05, 3.63) is 82.1 Å². The Morgan fingerprint density at radius 2 is 1.74 bits per heavy atom. The van der Waals surface area contributed by atoms with Crippen LogP contribution in [0.4, 0.5) is 0 Å². The van der Waals surface area contributed by atoms with Crippen molar-refractivity contribution < 1.29 is 22.7 Å². The highest BCUT2D eigenvalue weighted by atomic mass is 35.5. The molecule has 0 aliphatic rings. The summed E-state index contributed by atoms with van der Waals surface area (Å²) >= 11 is 11.8. The molecule has 0 atom stereocenters. The molecule has 31 heavy (non-hydrogen) atoms. The highest BCUT2D eigenvalue weighted by molar-refractivity contribution is 7.90. The number of hydrogen-bond acceptors (Lipinski definition) is 6. The van der Waals surface area contributed by atoms with E-state index in [1.54, 1.807) is 25.4 Å². The molecule has 7 nitrogen and oxygen atoms in total. The van der Waals surface area contributed by atoms with Crippen molar-refractivity contribution in [1.29, 1.82) is 0 Å². The predicted octanol–water partition coefficient (Wildman–Crippen LogP) is 4.48. The first kappa shape index (κ1) is 22.9. The Kier molecular flexibility index (Phi) is 7.37. The van der Waals surface area contributed by atoms with Crippen LogP contribution < -0.4 is 14.2 Å². The summed E-state index contributed by atoms with van der Waals surface area (Å²) in [5.74, 6) is -0.129. The number of carbonyl (C=O) groups excluding carboxylic acids is 1. The molecule has 1 heterocycles. The summed E-state index contributed by atoms with van der Waals surface area (Å²) in [5.41, 5.74) is 0.977. The number of nitrogens with zero attached hydrogens (tertiary/aromatic N) is 1. The average Bonchev–Trinajstić information content (AvgIpc) is 2.75. The average molecular weight is 481 g/mol. The second-order valence-corrected chi connectivity index (χ2v) is 8.74. The first-order valence-corrected chi connectivity index (χ1v) is 11.3. The van der Waals surface area contributed by atoms with Gasteiger partial charge in [-0.2, -0.15) is 0 Å². The third-order valence-electron chi connectivity index (χ3n) is 4.06. The zero-order valence-electron chi connectivity index (χ0n) is 16.3. The maximum atomic E-state index is 12.6. The van der Waals surface area contributed by atoms with Gasteiger partial charge in [-0.05, 0) is 61.0 Å². The smallest absolute Gasteiger partial charge is 0.265 e. The van der Waals surface area contributed by atoms with Crippen LogP contribution in [0.25, 0.3) is 0 Å².